The molecule has 0 saturated heterocycles. The lowest BCUT2D eigenvalue weighted by atomic mass is 9.93. The van der Waals surface area contributed by atoms with Crippen LogP contribution in [0.2, 0.25) is 0 Å². The molecule has 6 heteroatoms. The molecule has 2 N–H and O–H groups in total. The van der Waals surface area contributed by atoms with E-state index >= 15 is 0 Å². The first-order valence-corrected chi connectivity index (χ1v) is 9.71. The van der Waals surface area contributed by atoms with E-state index in [0.29, 0.717) is 17.7 Å². The van der Waals surface area contributed by atoms with Gasteiger partial charge in [0.1, 0.15) is 23.1 Å². The second kappa shape index (κ2) is 8.09. The number of carbonyl (C=O) groups excluding carboxylic acids is 1. The molecule has 3 rings (SSSR count). The Labute approximate surface area is 164 Å². The summed E-state index contributed by atoms with van der Waals surface area (Å²) in [7, 11) is 1.60. The van der Waals surface area contributed by atoms with Crippen molar-refractivity contribution in [3.63, 3.8) is 0 Å². The summed E-state index contributed by atoms with van der Waals surface area (Å²) in [5.41, 5.74) is 4.55. The average Bonchev–Trinajstić information content (AvgIpc) is 3.04. The van der Waals surface area contributed by atoms with Gasteiger partial charge in [0.25, 0.3) is 0 Å². The molecule has 1 aliphatic rings. The summed E-state index contributed by atoms with van der Waals surface area (Å²) in [6.45, 7) is 5.51. The number of amides is 1. The van der Waals surface area contributed by atoms with Crippen LogP contribution < -0.4 is 10.1 Å². The standard InChI is InChI=1S/C22H27NO5/c1-5-17(22(25)26)23-19(24)10-12(2)15-11-16-14-8-6-7-9-18(14)28-21(16)13(3)20(15)27-4/h10-11,17H,5-9H2,1-4H3,(H,23,24)(H,25,26)/b12-10+. The fourth-order valence-electron chi connectivity index (χ4n) is 3.92. The first-order chi connectivity index (χ1) is 13.4. The molecule has 1 atom stereocenters. The van der Waals surface area contributed by atoms with Crippen LogP contribution in [0.25, 0.3) is 16.5 Å². The number of carboxylic acid groups (broad SMARTS) is 1. The van der Waals surface area contributed by atoms with Gasteiger partial charge >= 0.3 is 5.97 Å². The van der Waals surface area contributed by atoms with E-state index in [1.165, 1.54) is 11.6 Å². The molecule has 0 radical (unpaired) electrons. The van der Waals surface area contributed by atoms with Gasteiger partial charge in [0.15, 0.2) is 0 Å². The van der Waals surface area contributed by atoms with Gasteiger partial charge in [0.2, 0.25) is 5.91 Å². The van der Waals surface area contributed by atoms with Crippen molar-refractivity contribution in [1.29, 1.82) is 0 Å². The molecule has 1 heterocycles. The van der Waals surface area contributed by atoms with Gasteiger partial charge < -0.3 is 19.6 Å². The molecular formula is C22H27NO5. The van der Waals surface area contributed by atoms with E-state index < -0.39 is 17.9 Å². The number of aryl methyl sites for hydroxylation is 3. The molecule has 1 amide bonds. The summed E-state index contributed by atoms with van der Waals surface area (Å²) in [5, 5.41) is 12.7. The fourth-order valence-corrected chi connectivity index (χ4v) is 3.92. The van der Waals surface area contributed by atoms with Gasteiger partial charge in [-0.1, -0.05) is 6.92 Å². The van der Waals surface area contributed by atoms with Crippen LogP contribution in [-0.2, 0) is 22.4 Å². The monoisotopic (exact) mass is 385 g/mol. The highest BCUT2D eigenvalue weighted by molar-refractivity contribution is 5.99. The first kappa shape index (κ1) is 20.0. The highest BCUT2D eigenvalue weighted by Gasteiger charge is 2.23. The first-order valence-electron chi connectivity index (χ1n) is 9.71. The van der Waals surface area contributed by atoms with E-state index in [1.54, 1.807) is 14.0 Å². The highest BCUT2D eigenvalue weighted by Crippen LogP contribution is 2.40. The van der Waals surface area contributed by atoms with Crippen LogP contribution in [0, 0.1) is 6.92 Å². The number of methoxy groups -OCH3 is 1. The van der Waals surface area contributed by atoms with Crippen molar-refractivity contribution in [2.75, 3.05) is 7.11 Å². The Balaban J connectivity index is 2.03. The van der Waals surface area contributed by atoms with Gasteiger partial charge in [-0.3, -0.25) is 4.79 Å². The van der Waals surface area contributed by atoms with Crippen molar-refractivity contribution in [3.8, 4) is 5.75 Å². The molecule has 0 spiro atoms. The van der Waals surface area contributed by atoms with Gasteiger partial charge in [-0.15, -0.1) is 0 Å². The Morgan fingerprint density at radius 2 is 2.07 bits per heavy atom. The number of hydrogen-bond acceptors (Lipinski definition) is 4. The largest absolute Gasteiger partial charge is 0.496 e. The minimum absolute atomic E-state index is 0.323. The second-order valence-electron chi connectivity index (χ2n) is 7.30. The van der Waals surface area contributed by atoms with Crippen LogP contribution >= 0.6 is 0 Å². The van der Waals surface area contributed by atoms with E-state index in [9.17, 15) is 9.59 Å². The molecule has 0 saturated carbocycles. The number of fused-ring (bicyclic) bond motifs is 3. The number of hydrogen-bond donors (Lipinski definition) is 2. The smallest absolute Gasteiger partial charge is 0.326 e. The Bertz CT molecular complexity index is 954. The van der Waals surface area contributed by atoms with Crippen molar-refractivity contribution in [2.45, 2.75) is 58.9 Å². The molecule has 150 valence electrons. The van der Waals surface area contributed by atoms with E-state index in [4.69, 9.17) is 14.3 Å². The number of carboxylic acids is 1. The molecule has 1 unspecified atom stereocenters. The molecule has 0 fully saturated rings. The fraction of sp³-hybridized carbons (Fsp3) is 0.455. The van der Waals surface area contributed by atoms with Crippen molar-refractivity contribution in [3.05, 3.63) is 34.6 Å². The van der Waals surface area contributed by atoms with Crippen molar-refractivity contribution >= 4 is 28.4 Å². The zero-order valence-corrected chi connectivity index (χ0v) is 16.8. The molecule has 0 bridgehead atoms. The molecule has 1 aromatic heterocycles. The van der Waals surface area contributed by atoms with E-state index in [1.807, 2.05) is 19.9 Å². The second-order valence-corrected chi connectivity index (χ2v) is 7.30. The molecule has 0 aliphatic heterocycles. The van der Waals surface area contributed by atoms with Crippen LogP contribution in [0.15, 0.2) is 16.6 Å². The maximum Gasteiger partial charge on any atom is 0.326 e. The zero-order chi connectivity index (χ0) is 20.4. The van der Waals surface area contributed by atoms with Gasteiger partial charge in [0.05, 0.1) is 7.11 Å². The van der Waals surface area contributed by atoms with E-state index in [2.05, 4.69) is 5.32 Å². The molecule has 28 heavy (non-hydrogen) atoms. The zero-order valence-electron chi connectivity index (χ0n) is 16.8. The maximum atomic E-state index is 12.3. The van der Waals surface area contributed by atoms with Gasteiger partial charge in [-0.25, -0.2) is 4.79 Å². The lowest BCUT2D eigenvalue weighted by Gasteiger charge is -2.14. The molecule has 2 aromatic rings. The highest BCUT2D eigenvalue weighted by atomic mass is 16.5. The molecule has 1 aliphatic carbocycles. The molecular weight excluding hydrogens is 358 g/mol. The van der Waals surface area contributed by atoms with E-state index in [0.717, 1.165) is 53.5 Å². The topological polar surface area (TPSA) is 88.8 Å². The Hall–Kier alpha value is -2.76. The quantitative estimate of drug-likeness (QED) is 0.734. The van der Waals surface area contributed by atoms with Crippen molar-refractivity contribution in [1.82, 2.24) is 5.32 Å². The van der Waals surface area contributed by atoms with Crippen molar-refractivity contribution < 1.29 is 23.8 Å². The summed E-state index contributed by atoms with van der Waals surface area (Å²) in [6, 6.07) is 1.13. The predicted molar refractivity (Wildman–Crippen MR) is 108 cm³/mol. The Kier molecular flexibility index (Phi) is 5.77. The third-order valence-electron chi connectivity index (χ3n) is 5.43. The van der Waals surface area contributed by atoms with Gasteiger partial charge in [0, 0.05) is 34.6 Å². The van der Waals surface area contributed by atoms with Gasteiger partial charge in [-0.05, 0) is 51.2 Å². The lowest BCUT2D eigenvalue weighted by molar-refractivity contribution is -0.141. The number of benzene rings is 1. The number of aliphatic carboxylic acids is 1. The maximum absolute atomic E-state index is 12.3. The van der Waals surface area contributed by atoms with E-state index in [-0.39, 0.29) is 0 Å². The molecule has 1 aromatic carbocycles. The normalized spacial score (nSPS) is 15.2. The Morgan fingerprint density at radius 3 is 2.71 bits per heavy atom. The number of furan rings is 1. The average molecular weight is 385 g/mol. The number of allylic oxidation sites excluding steroid dienone is 1. The van der Waals surface area contributed by atoms with Crippen LogP contribution in [0.4, 0.5) is 0 Å². The third-order valence-corrected chi connectivity index (χ3v) is 5.43. The molecule has 6 nitrogen and oxygen atoms in total. The van der Waals surface area contributed by atoms with Crippen LogP contribution in [0.3, 0.4) is 0 Å². The number of nitrogens with one attached hydrogen (secondary N) is 1. The number of carbonyl (C=O) groups is 2. The SMILES string of the molecule is CCC(NC(=O)/C=C(\C)c1cc2c3c(oc2c(C)c1OC)CCCC3)C(=O)O. The summed E-state index contributed by atoms with van der Waals surface area (Å²) in [5.74, 6) is 0.253. The van der Waals surface area contributed by atoms with Crippen molar-refractivity contribution in [2.24, 2.45) is 0 Å². The Morgan fingerprint density at radius 1 is 1.36 bits per heavy atom. The third kappa shape index (κ3) is 3.63. The minimum atomic E-state index is -1.04. The lowest BCUT2D eigenvalue weighted by Crippen LogP contribution is -2.39. The van der Waals surface area contributed by atoms with Crippen LogP contribution in [0.1, 0.15) is 55.6 Å². The predicted octanol–water partition coefficient (Wildman–Crippen LogP) is 4.01. The van der Waals surface area contributed by atoms with Gasteiger partial charge in [-0.2, -0.15) is 0 Å². The summed E-state index contributed by atoms with van der Waals surface area (Å²) in [4.78, 5) is 23.5. The minimum Gasteiger partial charge on any atom is -0.496 e. The van der Waals surface area contributed by atoms with Crippen LogP contribution in [0.5, 0.6) is 5.75 Å². The number of rotatable bonds is 6. The van der Waals surface area contributed by atoms with Crippen LogP contribution in [-0.4, -0.2) is 30.1 Å². The summed E-state index contributed by atoms with van der Waals surface area (Å²) >= 11 is 0. The summed E-state index contributed by atoms with van der Waals surface area (Å²) < 4.78 is 11.8. The summed E-state index contributed by atoms with van der Waals surface area (Å²) in [6.07, 6.45) is 5.98. The number of ether oxygens (including phenoxy) is 1.